The van der Waals surface area contributed by atoms with E-state index in [0.717, 1.165) is 12.8 Å². The first-order valence-corrected chi connectivity index (χ1v) is 6.32. The highest BCUT2D eigenvalue weighted by atomic mass is 16.3. The average molecular weight is 198 g/mol. The first kappa shape index (κ1) is 12.0. The Kier molecular flexibility index (Phi) is 4.43. The number of aliphatic hydroxyl groups is 1. The highest BCUT2D eigenvalue weighted by molar-refractivity contribution is 4.90. The van der Waals surface area contributed by atoms with Crippen molar-refractivity contribution in [2.75, 3.05) is 0 Å². The lowest BCUT2D eigenvalue weighted by atomic mass is 9.75. The molecular weight excluding hydrogens is 172 g/mol. The van der Waals surface area contributed by atoms with Crippen LogP contribution in [0.25, 0.3) is 0 Å². The second kappa shape index (κ2) is 5.16. The summed E-state index contributed by atoms with van der Waals surface area (Å²) in [5, 5.41) is 10.3. The summed E-state index contributed by atoms with van der Waals surface area (Å²) in [5.41, 5.74) is 0.281. The number of rotatable bonds is 5. The van der Waals surface area contributed by atoms with Crippen molar-refractivity contribution in [2.45, 2.75) is 71.8 Å². The summed E-state index contributed by atoms with van der Waals surface area (Å²) < 4.78 is 0. The van der Waals surface area contributed by atoms with Gasteiger partial charge < -0.3 is 5.11 Å². The van der Waals surface area contributed by atoms with E-state index in [4.69, 9.17) is 0 Å². The second-order valence-electron chi connectivity index (χ2n) is 5.19. The van der Waals surface area contributed by atoms with Crippen LogP contribution in [0.4, 0.5) is 0 Å². The largest absolute Gasteiger partial charge is 0.393 e. The van der Waals surface area contributed by atoms with Crippen LogP contribution in [0.5, 0.6) is 0 Å². The molecule has 0 radical (unpaired) electrons. The van der Waals surface area contributed by atoms with Crippen LogP contribution >= 0.6 is 0 Å². The summed E-state index contributed by atoms with van der Waals surface area (Å²) in [6, 6.07) is 0. The van der Waals surface area contributed by atoms with Gasteiger partial charge in [0.2, 0.25) is 0 Å². The molecule has 0 aromatic heterocycles. The van der Waals surface area contributed by atoms with Crippen LogP contribution in [0.2, 0.25) is 0 Å². The maximum atomic E-state index is 10.3. The molecule has 1 rings (SSSR count). The molecule has 1 fully saturated rings. The van der Waals surface area contributed by atoms with Gasteiger partial charge in [0.15, 0.2) is 0 Å². The predicted molar refractivity (Wildman–Crippen MR) is 61.3 cm³/mol. The Balaban J connectivity index is 2.51. The van der Waals surface area contributed by atoms with E-state index < -0.39 is 0 Å². The van der Waals surface area contributed by atoms with Crippen LogP contribution in [0, 0.1) is 11.3 Å². The molecule has 1 nitrogen and oxygen atoms in total. The van der Waals surface area contributed by atoms with E-state index in [1.54, 1.807) is 0 Å². The van der Waals surface area contributed by atoms with Crippen LogP contribution < -0.4 is 0 Å². The van der Waals surface area contributed by atoms with Gasteiger partial charge in [-0.05, 0) is 37.0 Å². The van der Waals surface area contributed by atoms with E-state index in [0.29, 0.717) is 5.92 Å². The average Bonchev–Trinajstić information content (AvgIpc) is 2.67. The van der Waals surface area contributed by atoms with Gasteiger partial charge in [-0.3, -0.25) is 0 Å². The standard InChI is InChI=1S/C13H26O/c1-4-11(3)10-12(14)13(5-2)8-6-7-9-13/h11-12,14H,4-10H2,1-3H3. The van der Waals surface area contributed by atoms with Crippen molar-refractivity contribution in [3.63, 3.8) is 0 Å². The van der Waals surface area contributed by atoms with Gasteiger partial charge in [0.05, 0.1) is 6.10 Å². The first-order valence-electron chi connectivity index (χ1n) is 6.32. The van der Waals surface area contributed by atoms with Crippen molar-refractivity contribution < 1.29 is 5.11 Å². The molecule has 2 atom stereocenters. The summed E-state index contributed by atoms with van der Waals surface area (Å²) in [7, 11) is 0. The molecule has 0 aromatic rings. The van der Waals surface area contributed by atoms with Crippen molar-refractivity contribution in [3.8, 4) is 0 Å². The van der Waals surface area contributed by atoms with Crippen LogP contribution in [0.15, 0.2) is 0 Å². The van der Waals surface area contributed by atoms with Gasteiger partial charge in [0.1, 0.15) is 0 Å². The van der Waals surface area contributed by atoms with E-state index in [1.807, 2.05) is 0 Å². The second-order valence-corrected chi connectivity index (χ2v) is 5.19. The maximum Gasteiger partial charge on any atom is 0.0598 e. The maximum absolute atomic E-state index is 10.3. The van der Waals surface area contributed by atoms with Crippen molar-refractivity contribution in [3.05, 3.63) is 0 Å². The smallest absolute Gasteiger partial charge is 0.0598 e. The SMILES string of the molecule is CCC(C)CC(O)C1(CC)CCCC1. The van der Waals surface area contributed by atoms with E-state index in [-0.39, 0.29) is 11.5 Å². The number of aliphatic hydroxyl groups excluding tert-OH is 1. The van der Waals surface area contributed by atoms with Gasteiger partial charge in [-0.25, -0.2) is 0 Å². The molecule has 1 aliphatic rings. The molecule has 14 heavy (non-hydrogen) atoms. The van der Waals surface area contributed by atoms with Gasteiger partial charge in [-0.15, -0.1) is 0 Å². The minimum Gasteiger partial charge on any atom is -0.393 e. The minimum absolute atomic E-state index is 0.0510. The fourth-order valence-corrected chi connectivity index (χ4v) is 2.80. The molecule has 1 heteroatoms. The monoisotopic (exact) mass is 198 g/mol. The zero-order valence-electron chi connectivity index (χ0n) is 10.1. The van der Waals surface area contributed by atoms with Gasteiger partial charge in [-0.1, -0.05) is 40.0 Å². The lowest BCUT2D eigenvalue weighted by molar-refractivity contribution is 0.00833. The third kappa shape index (κ3) is 2.50. The number of hydrogen-bond donors (Lipinski definition) is 1. The highest BCUT2D eigenvalue weighted by Crippen LogP contribution is 2.45. The van der Waals surface area contributed by atoms with Crippen molar-refractivity contribution in [1.82, 2.24) is 0 Å². The predicted octanol–water partition coefficient (Wildman–Crippen LogP) is 3.75. The summed E-state index contributed by atoms with van der Waals surface area (Å²) in [4.78, 5) is 0. The Bertz CT molecular complexity index is 159. The van der Waals surface area contributed by atoms with Crippen molar-refractivity contribution >= 4 is 0 Å². The Morgan fingerprint density at radius 3 is 2.21 bits per heavy atom. The molecule has 0 aromatic carbocycles. The third-order valence-corrected chi connectivity index (χ3v) is 4.33. The lowest BCUT2D eigenvalue weighted by Crippen LogP contribution is -2.33. The molecule has 0 spiro atoms. The Morgan fingerprint density at radius 1 is 1.21 bits per heavy atom. The molecular formula is C13H26O. The molecule has 1 saturated carbocycles. The summed E-state index contributed by atoms with van der Waals surface area (Å²) in [5.74, 6) is 0.675. The van der Waals surface area contributed by atoms with E-state index in [2.05, 4.69) is 20.8 Å². The number of hydrogen-bond acceptors (Lipinski definition) is 1. The first-order chi connectivity index (χ1) is 6.64. The Hall–Kier alpha value is -0.0400. The van der Waals surface area contributed by atoms with Gasteiger partial charge in [0.25, 0.3) is 0 Å². The fraction of sp³-hybridized carbons (Fsp3) is 1.00. The quantitative estimate of drug-likeness (QED) is 0.713. The van der Waals surface area contributed by atoms with Gasteiger partial charge in [-0.2, -0.15) is 0 Å². The van der Waals surface area contributed by atoms with Gasteiger partial charge >= 0.3 is 0 Å². The molecule has 0 bridgehead atoms. The highest BCUT2D eigenvalue weighted by Gasteiger charge is 2.38. The van der Waals surface area contributed by atoms with Crippen LogP contribution in [0.3, 0.4) is 0 Å². The minimum atomic E-state index is -0.0510. The van der Waals surface area contributed by atoms with Crippen molar-refractivity contribution in [1.29, 1.82) is 0 Å². The third-order valence-electron chi connectivity index (χ3n) is 4.33. The lowest BCUT2D eigenvalue weighted by Gasteiger charge is -2.34. The van der Waals surface area contributed by atoms with E-state index in [1.165, 1.54) is 32.1 Å². The summed E-state index contributed by atoms with van der Waals surface area (Å²) in [6.07, 6.45) is 8.45. The summed E-state index contributed by atoms with van der Waals surface area (Å²) >= 11 is 0. The molecule has 2 unspecified atom stereocenters. The summed E-state index contributed by atoms with van der Waals surface area (Å²) in [6.45, 7) is 6.71. The zero-order valence-corrected chi connectivity index (χ0v) is 10.1. The molecule has 0 heterocycles. The van der Waals surface area contributed by atoms with E-state index in [9.17, 15) is 5.11 Å². The zero-order chi connectivity index (χ0) is 10.6. The molecule has 1 aliphatic carbocycles. The molecule has 1 N–H and O–H groups in total. The van der Waals surface area contributed by atoms with E-state index >= 15 is 0 Å². The van der Waals surface area contributed by atoms with Crippen molar-refractivity contribution in [2.24, 2.45) is 11.3 Å². The van der Waals surface area contributed by atoms with Crippen LogP contribution in [-0.4, -0.2) is 11.2 Å². The van der Waals surface area contributed by atoms with Crippen LogP contribution in [0.1, 0.15) is 65.7 Å². The normalized spacial score (nSPS) is 24.9. The molecule has 0 saturated heterocycles. The molecule has 84 valence electrons. The fourth-order valence-electron chi connectivity index (χ4n) is 2.80. The van der Waals surface area contributed by atoms with Crippen LogP contribution in [-0.2, 0) is 0 Å². The molecule has 0 amide bonds. The van der Waals surface area contributed by atoms with Gasteiger partial charge in [0, 0.05) is 0 Å². The molecule has 0 aliphatic heterocycles. The Morgan fingerprint density at radius 2 is 1.79 bits per heavy atom. The Labute approximate surface area is 88.9 Å². The topological polar surface area (TPSA) is 20.2 Å².